The first kappa shape index (κ1) is 13.3. The maximum Gasteiger partial charge on any atom is 0.193 e. The maximum absolute atomic E-state index is 12.3. The van der Waals surface area contributed by atoms with Gasteiger partial charge in [0.1, 0.15) is 5.75 Å². The molecule has 19 heavy (non-hydrogen) atoms. The number of ether oxygens (including phenoxy) is 1. The van der Waals surface area contributed by atoms with Crippen LogP contribution in [-0.2, 0) is 0 Å². The van der Waals surface area contributed by atoms with Crippen LogP contribution in [0.25, 0.3) is 0 Å². The fourth-order valence-electron chi connectivity index (χ4n) is 1.87. The Morgan fingerprint density at radius 2 is 1.79 bits per heavy atom. The Kier molecular flexibility index (Phi) is 3.97. The second kappa shape index (κ2) is 5.67. The van der Waals surface area contributed by atoms with Gasteiger partial charge in [-0.05, 0) is 24.6 Å². The van der Waals surface area contributed by atoms with E-state index in [4.69, 9.17) is 10.5 Å². The van der Waals surface area contributed by atoms with Crippen molar-refractivity contribution < 1.29 is 9.53 Å². The number of hydrogen-bond acceptors (Lipinski definition) is 3. The van der Waals surface area contributed by atoms with Crippen LogP contribution in [-0.4, -0.2) is 12.9 Å². The van der Waals surface area contributed by atoms with Crippen molar-refractivity contribution in [3.05, 3.63) is 65.2 Å². The molecule has 3 nitrogen and oxygen atoms in total. The number of methoxy groups -OCH3 is 1. The van der Waals surface area contributed by atoms with Gasteiger partial charge in [-0.3, -0.25) is 4.79 Å². The van der Waals surface area contributed by atoms with E-state index in [9.17, 15) is 4.79 Å². The summed E-state index contributed by atoms with van der Waals surface area (Å²) in [6.07, 6.45) is 0. The number of carbonyl (C=O) groups is 1. The normalized spacial score (nSPS) is 11.9. The summed E-state index contributed by atoms with van der Waals surface area (Å²) in [6, 6.07) is 14.5. The van der Waals surface area contributed by atoms with Gasteiger partial charge < -0.3 is 10.5 Å². The average Bonchev–Trinajstić information content (AvgIpc) is 2.46. The minimum atomic E-state index is -0.0269. The van der Waals surface area contributed by atoms with Gasteiger partial charge in [-0.15, -0.1) is 0 Å². The number of hydrogen-bond donors (Lipinski definition) is 1. The van der Waals surface area contributed by atoms with Gasteiger partial charge in [0.15, 0.2) is 5.78 Å². The Hall–Kier alpha value is -2.13. The predicted octanol–water partition coefficient (Wildman–Crippen LogP) is 2.95. The van der Waals surface area contributed by atoms with Gasteiger partial charge in [0.2, 0.25) is 0 Å². The van der Waals surface area contributed by atoms with E-state index in [1.807, 2.05) is 31.2 Å². The molecule has 0 aliphatic heterocycles. The van der Waals surface area contributed by atoms with Crippen LogP contribution in [0.2, 0.25) is 0 Å². The molecule has 0 saturated carbocycles. The van der Waals surface area contributed by atoms with Crippen LogP contribution in [0, 0.1) is 0 Å². The molecule has 0 aromatic heterocycles. The quantitative estimate of drug-likeness (QED) is 0.854. The summed E-state index contributed by atoms with van der Waals surface area (Å²) in [5.74, 6) is 0.660. The molecule has 2 rings (SSSR count). The van der Waals surface area contributed by atoms with E-state index in [-0.39, 0.29) is 11.8 Å². The summed E-state index contributed by atoms with van der Waals surface area (Å²) in [5, 5.41) is 0. The molecule has 0 aliphatic rings. The molecule has 2 N–H and O–H groups in total. The van der Waals surface area contributed by atoms with Crippen LogP contribution in [0.4, 0.5) is 0 Å². The zero-order chi connectivity index (χ0) is 13.8. The Morgan fingerprint density at radius 3 is 2.37 bits per heavy atom. The zero-order valence-corrected chi connectivity index (χ0v) is 11.1. The van der Waals surface area contributed by atoms with Crippen molar-refractivity contribution in [2.45, 2.75) is 13.0 Å². The third kappa shape index (κ3) is 3.01. The topological polar surface area (TPSA) is 52.3 Å². The summed E-state index contributed by atoms with van der Waals surface area (Å²) in [4.78, 5) is 12.3. The summed E-state index contributed by atoms with van der Waals surface area (Å²) >= 11 is 0. The molecule has 0 heterocycles. The van der Waals surface area contributed by atoms with Gasteiger partial charge in [-0.25, -0.2) is 0 Å². The predicted molar refractivity (Wildman–Crippen MR) is 75.5 cm³/mol. The van der Waals surface area contributed by atoms with Gasteiger partial charge in [-0.2, -0.15) is 0 Å². The lowest BCUT2D eigenvalue weighted by molar-refractivity contribution is 0.103. The fourth-order valence-corrected chi connectivity index (χ4v) is 1.87. The molecule has 1 unspecified atom stereocenters. The maximum atomic E-state index is 12.3. The highest BCUT2D eigenvalue weighted by molar-refractivity contribution is 6.09. The van der Waals surface area contributed by atoms with Crippen molar-refractivity contribution in [3.8, 4) is 5.75 Å². The molecule has 0 bridgehead atoms. The number of ketones is 1. The molecule has 0 radical (unpaired) electrons. The molecule has 0 saturated heterocycles. The Bertz CT molecular complexity index is 574. The van der Waals surface area contributed by atoms with E-state index in [1.54, 1.807) is 31.4 Å². The van der Waals surface area contributed by atoms with E-state index < -0.39 is 0 Å². The highest BCUT2D eigenvalue weighted by atomic mass is 16.5. The highest BCUT2D eigenvalue weighted by Gasteiger charge is 2.10. The summed E-state index contributed by atoms with van der Waals surface area (Å²) < 4.78 is 5.12. The smallest absolute Gasteiger partial charge is 0.193 e. The van der Waals surface area contributed by atoms with E-state index in [2.05, 4.69) is 0 Å². The molecule has 1 atom stereocenters. The number of rotatable bonds is 4. The molecule has 2 aromatic carbocycles. The Morgan fingerprint density at radius 1 is 1.11 bits per heavy atom. The first-order valence-electron chi connectivity index (χ1n) is 6.16. The van der Waals surface area contributed by atoms with E-state index >= 15 is 0 Å². The second-order valence-corrected chi connectivity index (χ2v) is 4.47. The van der Waals surface area contributed by atoms with Gasteiger partial charge in [-0.1, -0.05) is 36.4 Å². The fraction of sp³-hybridized carbons (Fsp3) is 0.188. The molecule has 2 aromatic rings. The SMILES string of the molecule is COc1cccc(C(=O)c2ccc(C(C)N)cc2)c1. The largest absolute Gasteiger partial charge is 0.497 e. The molecular formula is C16H17NO2. The monoisotopic (exact) mass is 255 g/mol. The number of carbonyl (C=O) groups excluding carboxylic acids is 1. The first-order valence-corrected chi connectivity index (χ1v) is 6.16. The van der Waals surface area contributed by atoms with Crippen LogP contribution in [0.15, 0.2) is 48.5 Å². The van der Waals surface area contributed by atoms with Crippen LogP contribution >= 0.6 is 0 Å². The molecular weight excluding hydrogens is 238 g/mol. The molecule has 0 aliphatic carbocycles. The summed E-state index contributed by atoms with van der Waals surface area (Å²) in [5.41, 5.74) is 8.07. The lowest BCUT2D eigenvalue weighted by Crippen LogP contribution is -2.06. The van der Waals surface area contributed by atoms with E-state index in [0.29, 0.717) is 16.9 Å². The molecule has 3 heteroatoms. The standard InChI is InChI=1S/C16H17NO2/c1-11(17)12-6-8-13(9-7-12)16(18)14-4-3-5-15(10-14)19-2/h3-11H,17H2,1-2H3. The Labute approximate surface area is 113 Å². The summed E-state index contributed by atoms with van der Waals surface area (Å²) in [7, 11) is 1.58. The Balaban J connectivity index is 2.28. The first-order chi connectivity index (χ1) is 9.11. The van der Waals surface area contributed by atoms with Gasteiger partial charge in [0.05, 0.1) is 7.11 Å². The van der Waals surface area contributed by atoms with Crippen molar-refractivity contribution in [1.82, 2.24) is 0 Å². The third-order valence-electron chi connectivity index (χ3n) is 3.03. The van der Waals surface area contributed by atoms with Crippen molar-refractivity contribution in [2.24, 2.45) is 5.73 Å². The minimum absolute atomic E-state index is 0.0184. The lowest BCUT2D eigenvalue weighted by Gasteiger charge is -2.07. The molecule has 98 valence electrons. The zero-order valence-electron chi connectivity index (χ0n) is 11.1. The van der Waals surface area contributed by atoms with Crippen molar-refractivity contribution >= 4 is 5.78 Å². The molecule has 0 fully saturated rings. The van der Waals surface area contributed by atoms with Crippen molar-refractivity contribution in [3.63, 3.8) is 0 Å². The van der Waals surface area contributed by atoms with Gasteiger partial charge in [0.25, 0.3) is 0 Å². The second-order valence-electron chi connectivity index (χ2n) is 4.47. The van der Waals surface area contributed by atoms with Crippen molar-refractivity contribution in [1.29, 1.82) is 0 Å². The van der Waals surface area contributed by atoms with Crippen molar-refractivity contribution in [2.75, 3.05) is 7.11 Å². The van der Waals surface area contributed by atoms with Crippen LogP contribution in [0.5, 0.6) is 5.75 Å². The summed E-state index contributed by atoms with van der Waals surface area (Å²) in [6.45, 7) is 1.92. The van der Waals surface area contributed by atoms with Crippen LogP contribution < -0.4 is 10.5 Å². The molecule has 0 amide bonds. The van der Waals surface area contributed by atoms with Crippen LogP contribution in [0.3, 0.4) is 0 Å². The van der Waals surface area contributed by atoms with Gasteiger partial charge in [0, 0.05) is 17.2 Å². The number of nitrogens with two attached hydrogens (primary N) is 1. The van der Waals surface area contributed by atoms with Gasteiger partial charge >= 0.3 is 0 Å². The average molecular weight is 255 g/mol. The molecule has 0 spiro atoms. The minimum Gasteiger partial charge on any atom is -0.497 e. The lowest BCUT2D eigenvalue weighted by atomic mass is 10.0. The van der Waals surface area contributed by atoms with Crippen LogP contribution in [0.1, 0.15) is 34.5 Å². The van der Waals surface area contributed by atoms with E-state index in [1.165, 1.54) is 0 Å². The highest BCUT2D eigenvalue weighted by Crippen LogP contribution is 2.17. The number of benzene rings is 2. The van der Waals surface area contributed by atoms with E-state index in [0.717, 1.165) is 5.56 Å². The third-order valence-corrected chi connectivity index (χ3v) is 3.03.